The third kappa shape index (κ3) is 6.69. The van der Waals surface area contributed by atoms with Gasteiger partial charge in [0.1, 0.15) is 0 Å². The number of H-pyrrole nitrogens is 1. The third-order valence-corrected chi connectivity index (χ3v) is 0.710. The van der Waals surface area contributed by atoms with Crippen molar-refractivity contribution in [3.8, 4) is 0 Å². The van der Waals surface area contributed by atoms with E-state index in [1.165, 1.54) is 12.4 Å². The highest BCUT2D eigenvalue weighted by atomic mass is 16.3. The maximum Gasteiger partial charge on any atom is 0.344 e. The van der Waals surface area contributed by atoms with Crippen LogP contribution in [0, 0.1) is 0 Å². The zero-order valence-corrected chi connectivity index (χ0v) is 6.03. The van der Waals surface area contributed by atoms with Gasteiger partial charge in [-0.15, -0.1) is 0 Å². The first-order valence-electron chi connectivity index (χ1n) is 3.12. The number of rotatable bonds is 1. The highest BCUT2D eigenvalue weighted by Gasteiger charge is 1.70. The zero-order valence-electron chi connectivity index (χ0n) is 6.03. The quantitative estimate of drug-likeness (QED) is 0.473. The van der Waals surface area contributed by atoms with Crippen LogP contribution in [0.3, 0.4) is 0 Å². The number of hydrogen-bond donors (Lipinski definition) is 3. The van der Waals surface area contributed by atoms with E-state index in [1.807, 2.05) is 0 Å². The van der Waals surface area contributed by atoms with Gasteiger partial charge in [-0.25, -0.2) is 9.78 Å². The van der Waals surface area contributed by atoms with E-state index < -0.39 is 0 Å². The number of aliphatic hydroxyl groups excluding tert-OH is 1. The van der Waals surface area contributed by atoms with Crippen molar-refractivity contribution in [2.24, 2.45) is 5.73 Å². The molecule has 4 N–H and O–H groups in total. The summed E-state index contributed by atoms with van der Waals surface area (Å²) in [7, 11) is 0. The minimum Gasteiger partial charge on any atom is -0.395 e. The first-order valence-corrected chi connectivity index (χ1v) is 3.12. The summed E-state index contributed by atoms with van der Waals surface area (Å²) in [6.07, 6.45) is 2.98. The van der Waals surface area contributed by atoms with Gasteiger partial charge in [-0.2, -0.15) is 0 Å². The van der Waals surface area contributed by atoms with Gasteiger partial charge in [0.25, 0.3) is 0 Å². The van der Waals surface area contributed by atoms with Crippen molar-refractivity contribution in [3.63, 3.8) is 0 Å². The standard InChI is InChI=1S/C4H4N2O.C2H7NO/c7-4-5-2-1-3-6-4;3-1-2-4/h1-3H,(H,5,6,7);4H,1-3H2. The van der Waals surface area contributed by atoms with Crippen LogP contribution in [0.1, 0.15) is 0 Å². The van der Waals surface area contributed by atoms with Crippen molar-refractivity contribution in [3.05, 3.63) is 28.9 Å². The van der Waals surface area contributed by atoms with Crippen molar-refractivity contribution in [1.82, 2.24) is 9.97 Å². The van der Waals surface area contributed by atoms with E-state index in [2.05, 4.69) is 9.97 Å². The largest absolute Gasteiger partial charge is 0.395 e. The van der Waals surface area contributed by atoms with E-state index in [4.69, 9.17) is 10.8 Å². The fourth-order valence-corrected chi connectivity index (χ4v) is 0.310. The lowest BCUT2D eigenvalue weighted by Gasteiger charge is -1.72. The SMILES string of the molecule is NCCO.O=c1nccc[nH]1. The van der Waals surface area contributed by atoms with Crippen LogP contribution in [0.25, 0.3) is 0 Å². The molecule has 0 aromatic carbocycles. The summed E-state index contributed by atoms with van der Waals surface area (Å²) in [4.78, 5) is 15.8. The second-order valence-electron chi connectivity index (χ2n) is 1.60. The van der Waals surface area contributed by atoms with Crippen LogP contribution in [-0.4, -0.2) is 28.2 Å². The molecule has 0 fully saturated rings. The Balaban J connectivity index is 0.000000218. The summed E-state index contributed by atoms with van der Waals surface area (Å²) in [6, 6.07) is 1.65. The molecule has 0 aliphatic carbocycles. The molecular formula is C6H11N3O2. The van der Waals surface area contributed by atoms with E-state index in [0.29, 0.717) is 6.54 Å². The molecule has 0 saturated heterocycles. The predicted octanol–water partition coefficient (Wildman–Crippen LogP) is -1.29. The summed E-state index contributed by atoms with van der Waals surface area (Å²) in [5.41, 5.74) is 4.47. The highest BCUT2D eigenvalue weighted by molar-refractivity contribution is 4.75. The molecule has 0 radical (unpaired) electrons. The van der Waals surface area contributed by atoms with Crippen LogP contribution >= 0.6 is 0 Å². The van der Waals surface area contributed by atoms with Gasteiger partial charge < -0.3 is 15.8 Å². The molecule has 0 atom stereocenters. The molecular weight excluding hydrogens is 146 g/mol. The van der Waals surface area contributed by atoms with Gasteiger partial charge in [0.05, 0.1) is 6.61 Å². The molecule has 0 unspecified atom stereocenters. The third-order valence-electron chi connectivity index (χ3n) is 0.710. The van der Waals surface area contributed by atoms with Gasteiger partial charge in [-0.05, 0) is 6.07 Å². The second-order valence-corrected chi connectivity index (χ2v) is 1.60. The van der Waals surface area contributed by atoms with Crippen LogP contribution in [0.2, 0.25) is 0 Å². The molecule has 5 nitrogen and oxygen atoms in total. The normalized spacial score (nSPS) is 8.18. The lowest BCUT2D eigenvalue weighted by molar-refractivity contribution is 0.306. The van der Waals surface area contributed by atoms with Gasteiger partial charge in [0.15, 0.2) is 0 Å². The Hall–Kier alpha value is -1.20. The fraction of sp³-hybridized carbons (Fsp3) is 0.333. The van der Waals surface area contributed by atoms with Gasteiger partial charge in [0.2, 0.25) is 0 Å². The number of aromatic amines is 1. The first-order chi connectivity index (χ1) is 5.31. The minimum absolute atomic E-state index is 0.0972. The van der Waals surface area contributed by atoms with Gasteiger partial charge in [-0.3, -0.25) is 0 Å². The number of aliphatic hydroxyl groups is 1. The van der Waals surface area contributed by atoms with Gasteiger partial charge in [0, 0.05) is 18.9 Å². The smallest absolute Gasteiger partial charge is 0.344 e. The number of nitrogens with two attached hydrogens (primary N) is 1. The molecule has 1 aromatic rings. The van der Waals surface area contributed by atoms with E-state index in [-0.39, 0.29) is 12.3 Å². The summed E-state index contributed by atoms with van der Waals surface area (Å²) in [6.45, 7) is 0.472. The van der Waals surface area contributed by atoms with Crippen LogP contribution in [0.4, 0.5) is 0 Å². The number of aromatic nitrogens is 2. The molecule has 0 saturated carbocycles. The average molecular weight is 157 g/mol. The number of hydrogen-bond acceptors (Lipinski definition) is 4. The van der Waals surface area contributed by atoms with Crippen molar-refractivity contribution in [1.29, 1.82) is 0 Å². The Kier molecular flexibility index (Phi) is 6.16. The van der Waals surface area contributed by atoms with Crippen LogP contribution < -0.4 is 11.4 Å². The Morgan fingerprint density at radius 1 is 1.73 bits per heavy atom. The average Bonchev–Trinajstić information content (AvgIpc) is 2.07. The lowest BCUT2D eigenvalue weighted by Crippen LogP contribution is -2.05. The van der Waals surface area contributed by atoms with Crippen LogP contribution in [0.5, 0.6) is 0 Å². The summed E-state index contributed by atoms with van der Waals surface area (Å²) in [5, 5.41) is 7.75. The molecule has 0 amide bonds. The van der Waals surface area contributed by atoms with Crippen molar-refractivity contribution in [2.75, 3.05) is 13.2 Å². The minimum atomic E-state index is -0.303. The summed E-state index contributed by atoms with van der Waals surface area (Å²) in [5.74, 6) is 0. The Morgan fingerprint density at radius 2 is 2.36 bits per heavy atom. The predicted molar refractivity (Wildman–Crippen MR) is 41.0 cm³/mol. The topological polar surface area (TPSA) is 92.0 Å². The highest BCUT2D eigenvalue weighted by Crippen LogP contribution is 1.61. The van der Waals surface area contributed by atoms with E-state index >= 15 is 0 Å². The second kappa shape index (κ2) is 6.91. The molecule has 5 heteroatoms. The maximum absolute atomic E-state index is 10.1. The van der Waals surface area contributed by atoms with Gasteiger partial charge >= 0.3 is 5.69 Å². The Labute approximate surface area is 63.9 Å². The molecule has 1 aromatic heterocycles. The van der Waals surface area contributed by atoms with Crippen molar-refractivity contribution < 1.29 is 5.11 Å². The van der Waals surface area contributed by atoms with E-state index in [9.17, 15) is 4.79 Å². The van der Waals surface area contributed by atoms with Crippen molar-refractivity contribution >= 4 is 0 Å². The van der Waals surface area contributed by atoms with Crippen LogP contribution in [-0.2, 0) is 0 Å². The Bertz CT molecular complexity index is 204. The van der Waals surface area contributed by atoms with Crippen molar-refractivity contribution in [2.45, 2.75) is 0 Å². The van der Waals surface area contributed by atoms with Crippen LogP contribution in [0.15, 0.2) is 23.3 Å². The first kappa shape index (κ1) is 9.80. The zero-order chi connectivity index (χ0) is 8.53. The number of nitrogens with one attached hydrogen (secondary N) is 1. The summed E-state index contributed by atoms with van der Waals surface area (Å²) >= 11 is 0. The lowest BCUT2D eigenvalue weighted by atomic mass is 10.7. The maximum atomic E-state index is 10.1. The molecule has 0 spiro atoms. The molecule has 0 aliphatic heterocycles. The van der Waals surface area contributed by atoms with E-state index in [0.717, 1.165) is 0 Å². The number of nitrogens with zero attached hydrogens (tertiary/aromatic N) is 1. The Morgan fingerprint density at radius 3 is 2.55 bits per heavy atom. The monoisotopic (exact) mass is 157 g/mol. The molecule has 11 heavy (non-hydrogen) atoms. The summed E-state index contributed by atoms with van der Waals surface area (Å²) < 4.78 is 0. The molecule has 0 aliphatic rings. The van der Waals surface area contributed by atoms with E-state index in [1.54, 1.807) is 6.07 Å². The molecule has 1 heterocycles. The molecule has 0 bridgehead atoms. The fourth-order valence-electron chi connectivity index (χ4n) is 0.310. The molecule has 1 rings (SSSR count). The van der Waals surface area contributed by atoms with Gasteiger partial charge in [-0.1, -0.05) is 0 Å². The molecule has 62 valence electrons.